The van der Waals surface area contributed by atoms with Crippen molar-refractivity contribution in [3.8, 4) is 0 Å². The van der Waals surface area contributed by atoms with Crippen LogP contribution in [0.1, 0.15) is 18.7 Å². The first-order chi connectivity index (χ1) is 12.7. The number of anilines is 1. The molecule has 7 heteroatoms. The van der Waals surface area contributed by atoms with E-state index in [0.717, 1.165) is 16.6 Å². The minimum absolute atomic E-state index is 0.118. The molecular weight excluding hydrogens is 333 g/mol. The number of hydrogen-bond acceptors (Lipinski definition) is 4. The number of aromatic nitrogens is 4. The lowest BCUT2D eigenvalue weighted by atomic mass is 10.2. The molecule has 0 saturated heterocycles. The van der Waals surface area contributed by atoms with Gasteiger partial charge >= 0.3 is 0 Å². The van der Waals surface area contributed by atoms with Crippen molar-refractivity contribution in [1.82, 2.24) is 19.6 Å². The number of nitrogens with one attached hydrogen (secondary N) is 1. The normalized spacial score (nSPS) is 11.1. The summed E-state index contributed by atoms with van der Waals surface area (Å²) in [5.74, 6) is 0.230. The van der Waals surface area contributed by atoms with E-state index in [1.54, 1.807) is 10.8 Å². The van der Waals surface area contributed by atoms with E-state index in [9.17, 15) is 9.18 Å². The Morgan fingerprint density at radius 1 is 1.12 bits per heavy atom. The summed E-state index contributed by atoms with van der Waals surface area (Å²) in [7, 11) is 0. The zero-order valence-corrected chi connectivity index (χ0v) is 13.9. The van der Waals surface area contributed by atoms with Crippen LogP contribution >= 0.6 is 0 Å². The minimum Gasteiger partial charge on any atom is -0.326 e. The van der Waals surface area contributed by atoms with E-state index >= 15 is 0 Å². The van der Waals surface area contributed by atoms with Crippen molar-refractivity contribution in [2.45, 2.75) is 19.3 Å². The van der Waals surface area contributed by atoms with Gasteiger partial charge in [-0.15, -0.1) is 5.10 Å². The molecule has 4 aromatic rings. The maximum Gasteiger partial charge on any atom is 0.224 e. The Morgan fingerprint density at radius 3 is 2.77 bits per heavy atom. The van der Waals surface area contributed by atoms with E-state index in [1.165, 1.54) is 24.3 Å². The largest absolute Gasteiger partial charge is 0.326 e. The Bertz CT molecular complexity index is 1070. The van der Waals surface area contributed by atoms with Gasteiger partial charge in [0.25, 0.3) is 0 Å². The van der Waals surface area contributed by atoms with Crippen LogP contribution in [0.5, 0.6) is 0 Å². The highest BCUT2D eigenvalue weighted by Crippen LogP contribution is 2.16. The quantitative estimate of drug-likeness (QED) is 0.599. The van der Waals surface area contributed by atoms with Crippen LogP contribution in [0.2, 0.25) is 0 Å². The number of benzene rings is 2. The number of rotatable bonds is 5. The standard InChI is InChI=1S/C19H16FN5O/c20-13-8-10-14(11-9-13)22-18(26)7-3-6-17-23-19-15-4-1-2-5-16(15)21-12-25(19)24-17/h1-2,4-5,8-12H,3,6-7H2,(H,22,26). The Hall–Kier alpha value is -3.35. The highest BCUT2D eigenvalue weighted by Gasteiger charge is 2.09. The van der Waals surface area contributed by atoms with Gasteiger partial charge in [-0.3, -0.25) is 4.79 Å². The molecule has 0 aliphatic rings. The summed E-state index contributed by atoms with van der Waals surface area (Å²) in [6.07, 6.45) is 3.20. The monoisotopic (exact) mass is 349 g/mol. The fourth-order valence-corrected chi connectivity index (χ4v) is 2.79. The van der Waals surface area contributed by atoms with Gasteiger partial charge in [0, 0.05) is 23.9 Å². The summed E-state index contributed by atoms with van der Waals surface area (Å²) < 4.78 is 14.5. The smallest absolute Gasteiger partial charge is 0.224 e. The van der Waals surface area contributed by atoms with Crippen LogP contribution in [-0.2, 0) is 11.2 Å². The highest BCUT2D eigenvalue weighted by molar-refractivity contribution is 5.91. The summed E-state index contributed by atoms with van der Waals surface area (Å²) in [6, 6.07) is 13.5. The molecule has 2 aromatic carbocycles. The Kier molecular flexibility index (Phi) is 4.27. The van der Waals surface area contributed by atoms with Gasteiger partial charge in [-0.05, 0) is 42.8 Å². The Labute approximate surface area is 148 Å². The average Bonchev–Trinajstić information content (AvgIpc) is 3.07. The third-order valence-corrected chi connectivity index (χ3v) is 4.06. The number of nitrogens with zero attached hydrogens (tertiary/aromatic N) is 4. The topological polar surface area (TPSA) is 72.2 Å². The molecule has 4 rings (SSSR count). The predicted molar refractivity (Wildman–Crippen MR) is 96.3 cm³/mol. The summed E-state index contributed by atoms with van der Waals surface area (Å²) in [4.78, 5) is 20.9. The number of halogens is 1. The van der Waals surface area contributed by atoms with Crippen LogP contribution in [0.15, 0.2) is 54.9 Å². The maximum atomic E-state index is 12.9. The zero-order valence-electron chi connectivity index (χ0n) is 13.9. The SMILES string of the molecule is O=C(CCCc1nc2c3ccccc3ncn2n1)Nc1ccc(F)cc1. The molecule has 0 saturated carbocycles. The van der Waals surface area contributed by atoms with Crippen molar-refractivity contribution in [2.24, 2.45) is 0 Å². The molecule has 1 amide bonds. The molecular formula is C19H16FN5O. The second-order valence-corrected chi connectivity index (χ2v) is 5.97. The number of aryl methyl sites for hydroxylation is 1. The van der Waals surface area contributed by atoms with E-state index in [2.05, 4.69) is 20.4 Å². The molecule has 6 nitrogen and oxygen atoms in total. The van der Waals surface area contributed by atoms with Crippen LogP contribution in [0.25, 0.3) is 16.6 Å². The van der Waals surface area contributed by atoms with Crippen molar-refractivity contribution in [2.75, 3.05) is 5.32 Å². The van der Waals surface area contributed by atoms with Gasteiger partial charge in [0.2, 0.25) is 5.91 Å². The second-order valence-electron chi connectivity index (χ2n) is 5.97. The minimum atomic E-state index is -0.331. The van der Waals surface area contributed by atoms with Crippen LogP contribution in [0.3, 0.4) is 0 Å². The van der Waals surface area contributed by atoms with E-state index in [4.69, 9.17) is 0 Å². The molecule has 130 valence electrons. The Morgan fingerprint density at radius 2 is 1.92 bits per heavy atom. The molecule has 0 bridgehead atoms. The van der Waals surface area contributed by atoms with Crippen molar-refractivity contribution in [3.05, 3.63) is 66.5 Å². The van der Waals surface area contributed by atoms with Gasteiger partial charge < -0.3 is 5.32 Å². The van der Waals surface area contributed by atoms with E-state index in [0.29, 0.717) is 30.8 Å². The first-order valence-corrected chi connectivity index (χ1v) is 8.33. The van der Waals surface area contributed by atoms with E-state index in [-0.39, 0.29) is 11.7 Å². The number of amides is 1. The molecule has 0 aliphatic carbocycles. The number of fused-ring (bicyclic) bond motifs is 3. The number of carbonyl (C=O) groups is 1. The third-order valence-electron chi connectivity index (χ3n) is 4.06. The molecule has 2 aromatic heterocycles. The molecule has 0 unspecified atom stereocenters. The van der Waals surface area contributed by atoms with Crippen molar-refractivity contribution in [1.29, 1.82) is 0 Å². The fourth-order valence-electron chi connectivity index (χ4n) is 2.79. The van der Waals surface area contributed by atoms with E-state index in [1.807, 2.05) is 24.3 Å². The molecule has 26 heavy (non-hydrogen) atoms. The van der Waals surface area contributed by atoms with Crippen molar-refractivity contribution >= 4 is 28.1 Å². The summed E-state index contributed by atoms with van der Waals surface area (Å²) in [5.41, 5.74) is 2.22. The molecule has 0 spiro atoms. The lowest BCUT2D eigenvalue weighted by Crippen LogP contribution is -2.11. The molecule has 0 radical (unpaired) electrons. The Balaban J connectivity index is 1.39. The average molecular weight is 349 g/mol. The number of para-hydroxylation sites is 1. The highest BCUT2D eigenvalue weighted by atomic mass is 19.1. The van der Waals surface area contributed by atoms with Gasteiger partial charge in [0.15, 0.2) is 11.5 Å². The van der Waals surface area contributed by atoms with Crippen LogP contribution in [-0.4, -0.2) is 25.5 Å². The van der Waals surface area contributed by atoms with Gasteiger partial charge in [-0.25, -0.2) is 18.9 Å². The molecule has 2 heterocycles. The third kappa shape index (κ3) is 3.37. The van der Waals surface area contributed by atoms with Gasteiger partial charge in [0.05, 0.1) is 5.52 Å². The van der Waals surface area contributed by atoms with Crippen LogP contribution < -0.4 is 5.32 Å². The van der Waals surface area contributed by atoms with Crippen LogP contribution in [0.4, 0.5) is 10.1 Å². The molecule has 1 N–H and O–H groups in total. The lowest BCUT2D eigenvalue weighted by Gasteiger charge is -2.04. The van der Waals surface area contributed by atoms with Crippen LogP contribution in [0, 0.1) is 5.82 Å². The summed E-state index contributed by atoms with van der Waals surface area (Å²) >= 11 is 0. The van der Waals surface area contributed by atoms with E-state index < -0.39 is 0 Å². The first-order valence-electron chi connectivity index (χ1n) is 8.33. The van der Waals surface area contributed by atoms with Crippen molar-refractivity contribution in [3.63, 3.8) is 0 Å². The molecule has 0 fully saturated rings. The van der Waals surface area contributed by atoms with Gasteiger partial charge in [0.1, 0.15) is 12.1 Å². The fraction of sp³-hybridized carbons (Fsp3) is 0.158. The second kappa shape index (κ2) is 6.87. The van der Waals surface area contributed by atoms with Gasteiger partial charge in [-0.2, -0.15) is 0 Å². The number of hydrogen-bond donors (Lipinski definition) is 1. The summed E-state index contributed by atoms with van der Waals surface area (Å²) in [6.45, 7) is 0. The maximum absolute atomic E-state index is 12.9. The lowest BCUT2D eigenvalue weighted by molar-refractivity contribution is -0.116. The first kappa shape index (κ1) is 16.1. The number of carbonyl (C=O) groups excluding carboxylic acids is 1. The van der Waals surface area contributed by atoms with Crippen molar-refractivity contribution < 1.29 is 9.18 Å². The summed E-state index contributed by atoms with van der Waals surface area (Å²) in [5, 5.41) is 8.11. The molecule has 0 atom stereocenters. The zero-order chi connectivity index (χ0) is 17.9. The molecule has 0 aliphatic heterocycles. The van der Waals surface area contributed by atoms with Gasteiger partial charge in [-0.1, -0.05) is 12.1 Å². The predicted octanol–water partition coefficient (Wildman–Crippen LogP) is 3.38.